The van der Waals surface area contributed by atoms with Crippen molar-refractivity contribution in [3.63, 3.8) is 0 Å². The van der Waals surface area contributed by atoms with Crippen LogP contribution >= 0.6 is 23.2 Å². The van der Waals surface area contributed by atoms with E-state index in [9.17, 15) is 4.39 Å². The maximum absolute atomic E-state index is 14.6. The average Bonchev–Trinajstić information content (AvgIpc) is 3.48. The molecule has 1 aliphatic carbocycles. The van der Waals surface area contributed by atoms with Gasteiger partial charge in [0.25, 0.3) is 0 Å². The summed E-state index contributed by atoms with van der Waals surface area (Å²) in [5.41, 5.74) is 1.93. The number of rotatable bonds is 5. The summed E-state index contributed by atoms with van der Waals surface area (Å²) < 4.78 is 23.5. The standard InChI is InChI=1S/C26H27Cl2FNO/c1-3-11-26(2)14-20(17-5-4-6-19(27)12-17)24(18-9-10-21(28)22(29)13-18)30-23(16-7-8-16)15-31-25(26)30/h3-6,9-10,12-13,16,20,23-24H,1,7-8,11,14-15H2,2H3/q+1/t20-,23-,24-,26+/m1/s1. The second-order valence-electron chi connectivity index (χ2n) is 9.47. The summed E-state index contributed by atoms with van der Waals surface area (Å²) in [6.07, 6.45) is 6.13. The number of hydrogen-bond donors (Lipinski definition) is 0. The first-order chi connectivity index (χ1) is 14.9. The van der Waals surface area contributed by atoms with Crippen LogP contribution in [0.4, 0.5) is 4.39 Å². The first-order valence-corrected chi connectivity index (χ1v) is 11.8. The van der Waals surface area contributed by atoms with Gasteiger partial charge in [-0.2, -0.15) is 4.58 Å². The SMILES string of the molecule is C=CC[C@@]1(C)C[C@H](c2cccc(Cl)c2)[C@@H](c2ccc(Cl)c(F)c2)[N+]2=C1OC[C@@H]2C1CC1. The van der Waals surface area contributed by atoms with Gasteiger partial charge in [-0.3, -0.25) is 0 Å². The molecule has 31 heavy (non-hydrogen) atoms. The van der Waals surface area contributed by atoms with Gasteiger partial charge in [0.2, 0.25) is 0 Å². The molecule has 3 aliphatic rings. The molecular formula is C26H27Cl2FNO+. The lowest BCUT2D eigenvalue weighted by Gasteiger charge is -2.38. The lowest BCUT2D eigenvalue weighted by Crippen LogP contribution is -2.46. The molecule has 2 aliphatic heterocycles. The quantitative estimate of drug-likeness (QED) is 0.341. The zero-order chi connectivity index (χ0) is 21.8. The second kappa shape index (κ2) is 7.94. The fourth-order valence-electron chi connectivity index (χ4n) is 5.63. The van der Waals surface area contributed by atoms with Crippen LogP contribution in [0.5, 0.6) is 0 Å². The largest absolute Gasteiger partial charge is 0.441 e. The van der Waals surface area contributed by atoms with Crippen LogP contribution in [0.1, 0.15) is 55.7 Å². The lowest BCUT2D eigenvalue weighted by atomic mass is 9.69. The summed E-state index contributed by atoms with van der Waals surface area (Å²) in [5, 5.41) is 0.867. The number of benzene rings is 2. The van der Waals surface area contributed by atoms with Crippen LogP contribution in [0, 0.1) is 17.2 Å². The highest BCUT2D eigenvalue weighted by atomic mass is 35.5. The van der Waals surface area contributed by atoms with Crippen molar-refractivity contribution < 1.29 is 13.7 Å². The number of nitrogens with zero attached hydrogens (tertiary/aromatic N) is 1. The second-order valence-corrected chi connectivity index (χ2v) is 10.3. The molecule has 0 saturated heterocycles. The summed E-state index contributed by atoms with van der Waals surface area (Å²) in [6.45, 7) is 6.98. The Hall–Kier alpha value is -1.84. The van der Waals surface area contributed by atoms with E-state index in [1.165, 1.54) is 18.4 Å². The zero-order valence-electron chi connectivity index (χ0n) is 17.7. The van der Waals surface area contributed by atoms with Gasteiger partial charge >= 0.3 is 5.90 Å². The first kappa shape index (κ1) is 21.0. The highest BCUT2D eigenvalue weighted by molar-refractivity contribution is 6.31. The maximum atomic E-state index is 14.6. The van der Waals surface area contributed by atoms with Crippen molar-refractivity contribution in [2.24, 2.45) is 11.3 Å². The molecule has 0 N–H and O–H groups in total. The molecule has 0 unspecified atom stereocenters. The summed E-state index contributed by atoms with van der Waals surface area (Å²) >= 11 is 12.4. The van der Waals surface area contributed by atoms with Gasteiger partial charge in [0.15, 0.2) is 18.7 Å². The Balaban J connectivity index is 1.72. The number of ether oxygens (including phenoxy) is 1. The molecule has 4 atom stereocenters. The van der Waals surface area contributed by atoms with Crippen molar-refractivity contribution in [1.29, 1.82) is 0 Å². The van der Waals surface area contributed by atoms with E-state index in [2.05, 4.69) is 24.1 Å². The van der Waals surface area contributed by atoms with Crippen molar-refractivity contribution in [2.75, 3.05) is 6.61 Å². The summed E-state index contributed by atoms with van der Waals surface area (Å²) in [5.74, 6) is 1.41. The van der Waals surface area contributed by atoms with E-state index in [-0.39, 0.29) is 28.2 Å². The van der Waals surface area contributed by atoms with Crippen molar-refractivity contribution in [3.8, 4) is 0 Å². The fraction of sp³-hybridized carbons (Fsp3) is 0.423. The molecule has 2 aromatic rings. The molecule has 2 aromatic carbocycles. The highest BCUT2D eigenvalue weighted by Gasteiger charge is 2.59. The van der Waals surface area contributed by atoms with Crippen LogP contribution in [0.2, 0.25) is 10.0 Å². The Morgan fingerprint density at radius 1 is 1.19 bits per heavy atom. The third-order valence-electron chi connectivity index (χ3n) is 7.17. The third-order valence-corrected chi connectivity index (χ3v) is 7.71. The summed E-state index contributed by atoms with van der Waals surface area (Å²) in [6, 6.07) is 13.6. The number of allylic oxidation sites excluding steroid dienone is 1. The summed E-state index contributed by atoms with van der Waals surface area (Å²) in [7, 11) is 0. The van der Waals surface area contributed by atoms with Gasteiger partial charge in [0, 0.05) is 16.5 Å². The molecule has 2 heterocycles. The van der Waals surface area contributed by atoms with Gasteiger partial charge in [0.05, 0.1) is 16.4 Å². The van der Waals surface area contributed by atoms with E-state index in [0.29, 0.717) is 18.6 Å². The molecule has 1 fully saturated rings. The molecule has 0 spiro atoms. The number of hydrogen-bond acceptors (Lipinski definition) is 1. The van der Waals surface area contributed by atoms with Gasteiger partial charge in [-0.1, -0.05) is 47.5 Å². The van der Waals surface area contributed by atoms with Crippen LogP contribution in [-0.2, 0) is 4.74 Å². The molecule has 1 saturated carbocycles. The van der Waals surface area contributed by atoms with Crippen molar-refractivity contribution in [2.45, 2.75) is 50.6 Å². The van der Waals surface area contributed by atoms with Gasteiger partial charge < -0.3 is 4.74 Å². The van der Waals surface area contributed by atoms with E-state index in [4.69, 9.17) is 27.9 Å². The Kier molecular flexibility index (Phi) is 5.38. The van der Waals surface area contributed by atoms with Crippen LogP contribution in [-0.4, -0.2) is 23.1 Å². The van der Waals surface area contributed by atoms with Gasteiger partial charge in [-0.05, 0) is 62.4 Å². The van der Waals surface area contributed by atoms with E-state index in [1.54, 1.807) is 12.1 Å². The molecule has 5 heteroatoms. The minimum Gasteiger partial charge on any atom is -0.441 e. The normalized spacial score (nSPS) is 30.1. The van der Waals surface area contributed by atoms with Crippen molar-refractivity contribution in [3.05, 3.63) is 82.1 Å². The molecule has 0 radical (unpaired) electrons. The van der Waals surface area contributed by atoms with Crippen LogP contribution in [0.3, 0.4) is 0 Å². The Morgan fingerprint density at radius 2 is 2.00 bits per heavy atom. The van der Waals surface area contributed by atoms with E-state index >= 15 is 0 Å². The molecule has 0 aromatic heterocycles. The molecule has 0 bridgehead atoms. The van der Waals surface area contributed by atoms with Crippen LogP contribution in [0.25, 0.3) is 0 Å². The van der Waals surface area contributed by atoms with E-state index in [0.717, 1.165) is 29.3 Å². The molecule has 0 amide bonds. The van der Waals surface area contributed by atoms with Gasteiger partial charge in [0.1, 0.15) is 5.82 Å². The molecule has 2 nitrogen and oxygen atoms in total. The predicted molar refractivity (Wildman–Crippen MR) is 124 cm³/mol. The van der Waals surface area contributed by atoms with Gasteiger partial charge in [-0.15, -0.1) is 6.58 Å². The molecule has 5 rings (SSSR count). The van der Waals surface area contributed by atoms with Crippen LogP contribution < -0.4 is 0 Å². The minimum atomic E-state index is -0.381. The third kappa shape index (κ3) is 3.70. The van der Waals surface area contributed by atoms with Crippen molar-refractivity contribution >= 4 is 29.1 Å². The predicted octanol–water partition coefficient (Wildman–Crippen LogP) is 7.16. The first-order valence-electron chi connectivity index (χ1n) is 11.0. The summed E-state index contributed by atoms with van der Waals surface area (Å²) in [4.78, 5) is 0. The maximum Gasteiger partial charge on any atom is 0.343 e. The Labute approximate surface area is 193 Å². The number of halogens is 3. The monoisotopic (exact) mass is 458 g/mol. The smallest absolute Gasteiger partial charge is 0.343 e. The van der Waals surface area contributed by atoms with E-state index < -0.39 is 0 Å². The molecular weight excluding hydrogens is 432 g/mol. The highest BCUT2D eigenvalue weighted by Crippen LogP contribution is 2.53. The molecule has 162 valence electrons. The van der Waals surface area contributed by atoms with E-state index in [1.807, 2.05) is 30.3 Å². The lowest BCUT2D eigenvalue weighted by molar-refractivity contribution is -0.614. The zero-order valence-corrected chi connectivity index (χ0v) is 19.2. The Bertz CT molecular complexity index is 1060. The van der Waals surface area contributed by atoms with Gasteiger partial charge in [-0.25, -0.2) is 4.39 Å². The minimum absolute atomic E-state index is 0.0359. The topological polar surface area (TPSA) is 12.2 Å². The average molecular weight is 459 g/mol. The Morgan fingerprint density at radius 3 is 2.68 bits per heavy atom. The van der Waals surface area contributed by atoms with Crippen LogP contribution in [0.15, 0.2) is 55.1 Å². The van der Waals surface area contributed by atoms with Crippen molar-refractivity contribution in [1.82, 2.24) is 0 Å². The fourth-order valence-corrected chi connectivity index (χ4v) is 5.94.